The van der Waals surface area contributed by atoms with Crippen molar-refractivity contribution in [1.82, 2.24) is 4.90 Å². The summed E-state index contributed by atoms with van der Waals surface area (Å²) in [5.74, 6) is -1.01. The first kappa shape index (κ1) is 18.5. The summed E-state index contributed by atoms with van der Waals surface area (Å²) in [7, 11) is 0. The van der Waals surface area contributed by atoms with E-state index in [-0.39, 0.29) is 11.8 Å². The van der Waals surface area contributed by atoms with Crippen LogP contribution < -0.4 is 10.1 Å². The Morgan fingerprint density at radius 2 is 2.08 bits per heavy atom. The highest BCUT2D eigenvalue weighted by Crippen LogP contribution is 2.31. The molecule has 2 N–H and O–H groups in total. The van der Waals surface area contributed by atoms with Crippen LogP contribution in [0, 0.1) is 11.6 Å². The van der Waals surface area contributed by atoms with Crippen LogP contribution in [0.5, 0.6) is 11.5 Å². The van der Waals surface area contributed by atoms with Gasteiger partial charge in [0.1, 0.15) is 0 Å². The van der Waals surface area contributed by atoms with E-state index in [1.54, 1.807) is 12.1 Å². The molecule has 1 aliphatic heterocycles. The van der Waals surface area contributed by atoms with Gasteiger partial charge in [-0.25, -0.2) is 8.78 Å². The zero-order chi connectivity index (χ0) is 18.5. The largest absolute Gasteiger partial charge is 0.504 e. The van der Waals surface area contributed by atoms with E-state index >= 15 is 0 Å². The molecular formula is C20H24F2N2O2. The normalized spacial score (nSPS) is 17.9. The molecule has 3 rings (SSSR count). The summed E-state index contributed by atoms with van der Waals surface area (Å²) < 4.78 is 31.9. The number of ether oxygens (including phenoxy) is 1. The number of hydrogen-bond donors (Lipinski definition) is 2. The Hall–Kier alpha value is -2.34. The maximum atomic E-state index is 13.4. The molecule has 0 amide bonds. The summed E-state index contributed by atoms with van der Waals surface area (Å²) in [6.07, 6.45) is 1.95. The summed E-state index contributed by atoms with van der Waals surface area (Å²) in [5, 5.41) is 13.6. The van der Waals surface area contributed by atoms with E-state index in [9.17, 15) is 13.9 Å². The molecule has 0 aliphatic carbocycles. The number of nitrogens with one attached hydrogen (secondary N) is 1. The van der Waals surface area contributed by atoms with Gasteiger partial charge in [-0.15, -0.1) is 0 Å². The number of anilines is 1. The van der Waals surface area contributed by atoms with Gasteiger partial charge in [0, 0.05) is 36.4 Å². The molecule has 2 aromatic carbocycles. The average molecular weight is 362 g/mol. The van der Waals surface area contributed by atoms with Crippen LogP contribution in [-0.4, -0.2) is 35.7 Å². The molecule has 6 heteroatoms. The molecule has 0 aromatic heterocycles. The van der Waals surface area contributed by atoms with Gasteiger partial charge in [0.25, 0.3) is 0 Å². The van der Waals surface area contributed by atoms with E-state index in [0.717, 1.165) is 37.6 Å². The third kappa shape index (κ3) is 4.43. The minimum absolute atomic E-state index is 0.144. The topological polar surface area (TPSA) is 44.7 Å². The minimum Gasteiger partial charge on any atom is -0.504 e. The van der Waals surface area contributed by atoms with Crippen molar-refractivity contribution < 1.29 is 18.6 Å². The predicted octanol–water partition coefficient (Wildman–Crippen LogP) is 4.15. The van der Waals surface area contributed by atoms with Gasteiger partial charge in [-0.05, 0) is 44.5 Å². The van der Waals surface area contributed by atoms with Crippen molar-refractivity contribution in [3.8, 4) is 11.5 Å². The van der Waals surface area contributed by atoms with E-state index in [1.165, 1.54) is 6.07 Å². The summed E-state index contributed by atoms with van der Waals surface area (Å²) in [6.45, 7) is 4.68. The van der Waals surface area contributed by atoms with Gasteiger partial charge < -0.3 is 15.2 Å². The Bertz CT molecular complexity index is 755. The second kappa shape index (κ2) is 8.36. The fraction of sp³-hybridized carbons (Fsp3) is 0.400. The predicted molar refractivity (Wildman–Crippen MR) is 97.6 cm³/mol. The SMILES string of the molecule is CCOc1cccc(CN2CCCC(Nc3ccc(F)c(F)c3)C2)c1O. The van der Waals surface area contributed by atoms with Crippen molar-refractivity contribution >= 4 is 5.69 Å². The third-order valence-corrected chi connectivity index (χ3v) is 4.57. The van der Waals surface area contributed by atoms with Gasteiger partial charge in [-0.2, -0.15) is 0 Å². The smallest absolute Gasteiger partial charge is 0.162 e. The summed E-state index contributed by atoms with van der Waals surface area (Å²) in [5.41, 5.74) is 1.40. The highest BCUT2D eigenvalue weighted by atomic mass is 19.2. The van der Waals surface area contributed by atoms with Crippen LogP contribution >= 0.6 is 0 Å². The number of benzene rings is 2. The van der Waals surface area contributed by atoms with E-state index in [0.29, 0.717) is 24.6 Å². The molecule has 0 saturated carbocycles. The number of phenols is 1. The number of para-hydroxylation sites is 1. The number of piperidine rings is 1. The van der Waals surface area contributed by atoms with Crippen molar-refractivity contribution in [2.45, 2.75) is 32.4 Å². The first-order valence-electron chi connectivity index (χ1n) is 8.94. The zero-order valence-electron chi connectivity index (χ0n) is 14.8. The lowest BCUT2D eigenvalue weighted by atomic mass is 10.0. The fourth-order valence-electron chi connectivity index (χ4n) is 3.35. The summed E-state index contributed by atoms with van der Waals surface area (Å²) >= 11 is 0. The standard InChI is InChI=1S/C20H24F2N2O2/c1-2-26-19-7-3-5-14(20(19)25)12-24-10-4-6-16(13-24)23-15-8-9-17(21)18(22)11-15/h3,5,7-9,11,16,23,25H,2,4,6,10,12-13H2,1H3. The van der Waals surface area contributed by atoms with Gasteiger partial charge in [0.05, 0.1) is 6.61 Å². The van der Waals surface area contributed by atoms with Crippen LogP contribution in [0.4, 0.5) is 14.5 Å². The van der Waals surface area contributed by atoms with Gasteiger partial charge in [0.15, 0.2) is 23.1 Å². The maximum absolute atomic E-state index is 13.4. The van der Waals surface area contributed by atoms with Crippen molar-refractivity contribution in [1.29, 1.82) is 0 Å². The summed E-state index contributed by atoms with van der Waals surface area (Å²) in [4.78, 5) is 2.24. The molecule has 0 radical (unpaired) electrons. The molecule has 140 valence electrons. The Morgan fingerprint density at radius 3 is 2.85 bits per heavy atom. The Kier molecular flexibility index (Phi) is 5.93. The van der Waals surface area contributed by atoms with Crippen LogP contribution in [0.25, 0.3) is 0 Å². The van der Waals surface area contributed by atoms with Gasteiger partial charge in [0.2, 0.25) is 0 Å². The lowest BCUT2D eigenvalue weighted by molar-refractivity contribution is 0.205. The maximum Gasteiger partial charge on any atom is 0.162 e. The number of aromatic hydroxyl groups is 1. The first-order chi connectivity index (χ1) is 12.6. The number of phenolic OH excluding ortho intramolecular Hbond substituents is 1. The first-order valence-corrected chi connectivity index (χ1v) is 8.94. The molecule has 1 heterocycles. The van der Waals surface area contributed by atoms with Gasteiger partial charge >= 0.3 is 0 Å². The Morgan fingerprint density at radius 1 is 1.23 bits per heavy atom. The van der Waals surface area contributed by atoms with Crippen molar-refractivity contribution in [3.05, 3.63) is 53.6 Å². The van der Waals surface area contributed by atoms with Crippen LogP contribution in [0.3, 0.4) is 0 Å². The van der Waals surface area contributed by atoms with Crippen LogP contribution in [0.15, 0.2) is 36.4 Å². The molecule has 26 heavy (non-hydrogen) atoms. The molecule has 1 atom stereocenters. The molecule has 1 aliphatic rings. The molecule has 1 saturated heterocycles. The Balaban J connectivity index is 1.63. The van der Waals surface area contributed by atoms with E-state index in [2.05, 4.69) is 10.2 Å². The number of rotatable bonds is 6. The second-order valence-electron chi connectivity index (χ2n) is 6.54. The number of halogens is 2. The van der Waals surface area contributed by atoms with Crippen LogP contribution in [-0.2, 0) is 6.54 Å². The average Bonchev–Trinajstić information content (AvgIpc) is 2.62. The molecular weight excluding hydrogens is 338 g/mol. The van der Waals surface area contributed by atoms with E-state index < -0.39 is 11.6 Å². The van der Waals surface area contributed by atoms with Crippen LogP contribution in [0.1, 0.15) is 25.3 Å². The monoisotopic (exact) mass is 362 g/mol. The third-order valence-electron chi connectivity index (χ3n) is 4.57. The number of hydrogen-bond acceptors (Lipinski definition) is 4. The van der Waals surface area contributed by atoms with Crippen molar-refractivity contribution in [2.24, 2.45) is 0 Å². The van der Waals surface area contributed by atoms with Gasteiger partial charge in [-0.1, -0.05) is 12.1 Å². The lowest BCUT2D eigenvalue weighted by Gasteiger charge is -2.34. The number of nitrogens with zero attached hydrogens (tertiary/aromatic N) is 1. The highest BCUT2D eigenvalue weighted by molar-refractivity contribution is 5.46. The zero-order valence-corrected chi connectivity index (χ0v) is 14.8. The molecule has 0 bridgehead atoms. The minimum atomic E-state index is -0.847. The van der Waals surface area contributed by atoms with E-state index in [4.69, 9.17) is 4.74 Å². The molecule has 0 spiro atoms. The molecule has 1 fully saturated rings. The number of likely N-dealkylation sites (tertiary alicyclic amines) is 1. The quantitative estimate of drug-likeness (QED) is 0.810. The Labute approximate surface area is 152 Å². The molecule has 2 aromatic rings. The lowest BCUT2D eigenvalue weighted by Crippen LogP contribution is -2.41. The fourth-order valence-corrected chi connectivity index (χ4v) is 3.35. The van der Waals surface area contributed by atoms with Gasteiger partial charge in [-0.3, -0.25) is 4.90 Å². The summed E-state index contributed by atoms with van der Waals surface area (Å²) in [6, 6.07) is 9.54. The van der Waals surface area contributed by atoms with E-state index in [1.807, 2.05) is 19.1 Å². The van der Waals surface area contributed by atoms with Crippen molar-refractivity contribution in [3.63, 3.8) is 0 Å². The van der Waals surface area contributed by atoms with Crippen LogP contribution in [0.2, 0.25) is 0 Å². The van der Waals surface area contributed by atoms with Crippen molar-refractivity contribution in [2.75, 3.05) is 25.0 Å². The molecule has 4 nitrogen and oxygen atoms in total. The second-order valence-corrected chi connectivity index (χ2v) is 6.54. The molecule has 1 unspecified atom stereocenters. The highest BCUT2D eigenvalue weighted by Gasteiger charge is 2.21.